The van der Waals surface area contributed by atoms with Crippen molar-refractivity contribution in [3.05, 3.63) is 75.2 Å². The molecule has 21 heavy (non-hydrogen) atoms. The van der Waals surface area contributed by atoms with Crippen LogP contribution in [0.4, 0.5) is 0 Å². The second-order valence-corrected chi connectivity index (χ2v) is 6.04. The minimum Gasteiger partial charge on any atom is -0.272 e. The second kappa shape index (κ2) is 6.37. The number of hydrogen-bond donors (Lipinski definition) is 1. The quantitative estimate of drug-likeness (QED) is 0.696. The fourth-order valence-electron chi connectivity index (χ4n) is 2.25. The number of halogens is 1. The number of nitrogens with one attached hydrogen (secondary N) is 1. The van der Waals surface area contributed by atoms with E-state index >= 15 is 0 Å². The fourth-order valence-corrected chi connectivity index (χ4v) is 2.78. The summed E-state index contributed by atoms with van der Waals surface area (Å²) in [6, 6.07) is 18.5. The number of aryl methyl sites for hydroxylation is 2. The van der Waals surface area contributed by atoms with Crippen LogP contribution in [0.15, 0.2) is 59.1 Å². The molecule has 0 spiro atoms. The van der Waals surface area contributed by atoms with Gasteiger partial charge in [-0.3, -0.25) is 9.67 Å². The molecule has 3 aromatic rings. The van der Waals surface area contributed by atoms with Crippen molar-refractivity contribution in [2.45, 2.75) is 12.8 Å². The lowest BCUT2D eigenvalue weighted by atomic mass is 10.1. The molecule has 0 atom stereocenters. The fraction of sp³-hybridized carbons (Fsp3) is 0.125. The van der Waals surface area contributed by atoms with Crippen molar-refractivity contribution in [1.29, 1.82) is 0 Å². The van der Waals surface area contributed by atoms with Crippen LogP contribution < -0.4 is 0 Å². The Hall–Kier alpha value is -1.72. The van der Waals surface area contributed by atoms with Crippen LogP contribution in [-0.2, 0) is 12.8 Å². The maximum absolute atomic E-state index is 5.35. The minimum atomic E-state index is 0.625. The molecule has 0 fully saturated rings. The lowest BCUT2D eigenvalue weighted by molar-refractivity contribution is 0.820. The highest BCUT2D eigenvalue weighted by Crippen LogP contribution is 2.16. The third-order valence-electron chi connectivity index (χ3n) is 3.31. The monoisotopic (exact) mass is 359 g/mol. The van der Waals surface area contributed by atoms with Gasteiger partial charge in [-0.2, -0.15) is 5.10 Å². The molecule has 1 heterocycles. The van der Waals surface area contributed by atoms with E-state index in [9.17, 15) is 0 Å². The zero-order valence-corrected chi connectivity index (χ0v) is 13.7. The van der Waals surface area contributed by atoms with Crippen molar-refractivity contribution in [2.24, 2.45) is 0 Å². The van der Waals surface area contributed by atoms with Gasteiger partial charge in [0.05, 0.1) is 0 Å². The van der Waals surface area contributed by atoms with Crippen LogP contribution in [0.1, 0.15) is 11.4 Å². The van der Waals surface area contributed by atoms with Crippen LogP contribution >= 0.6 is 28.1 Å². The maximum Gasteiger partial charge on any atom is 0.199 e. The summed E-state index contributed by atoms with van der Waals surface area (Å²) in [7, 11) is 0. The first-order chi connectivity index (χ1) is 10.2. The first kappa shape index (κ1) is 14.2. The molecule has 0 saturated heterocycles. The van der Waals surface area contributed by atoms with Gasteiger partial charge in [0.1, 0.15) is 5.82 Å². The predicted molar refractivity (Wildman–Crippen MR) is 90.3 cm³/mol. The molecule has 1 aromatic heterocycles. The van der Waals surface area contributed by atoms with E-state index in [4.69, 9.17) is 12.2 Å². The van der Waals surface area contributed by atoms with E-state index in [1.165, 1.54) is 5.56 Å². The molecule has 106 valence electrons. The Kier molecular flexibility index (Phi) is 4.31. The Labute approximate surface area is 136 Å². The number of aromatic nitrogens is 3. The van der Waals surface area contributed by atoms with Gasteiger partial charge >= 0.3 is 0 Å². The van der Waals surface area contributed by atoms with E-state index in [0.29, 0.717) is 4.77 Å². The molecule has 0 radical (unpaired) electrons. The maximum atomic E-state index is 5.35. The summed E-state index contributed by atoms with van der Waals surface area (Å²) in [6.07, 6.45) is 1.78. The van der Waals surface area contributed by atoms with Gasteiger partial charge in [0.2, 0.25) is 0 Å². The average Bonchev–Trinajstić information content (AvgIpc) is 2.88. The third kappa shape index (κ3) is 3.31. The topological polar surface area (TPSA) is 33.6 Å². The highest BCUT2D eigenvalue weighted by atomic mass is 79.9. The van der Waals surface area contributed by atoms with E-state index in [-0.39, 0.29) is 0 Å². The first-order valence-electron chi connectivity index (χ1n) is 6.70. The Bertz CT molecular complexity index is 775. The molecule has 3 rings (SSSR count). The Morgan fingerprint density at radius 2 is 1.71 bits per heavy atom. The molecule has 0 aliphatic heterocycles. The van der Waals surface area contributed by atoms with Crippen LogP contribution in [0.3, 0.4) is 0 Å². The molecular formula is C16H14BrN3S. The van der Waals surface area contributed by atoms with Crippen molar-refractivity contribution in [3.63, 3.8) is 0 Å². The largest absolute Gasteiger partial charge is 0.272 e. The highest BCUT2D eigenvalue weighted by Gasteiger charge is 2.08. The lowest BCUT2D eigenvalue weighted by Crippen LogP contribution is -2.03. The van der Waals surface area contributed by atoms with Crippen LogP contribution in [-0.4, -0.2) is 14.8 Å². The molecular weight excluding hydrogens is 346 g/mol. The van der Waals surface area contributed by atoms with E-state index in [1.54, 1.807) is 0 Å². The molecule has 3 nitrogen and oxygen atoms in total. The van der Waals surface area contributed by atoms with Crippen molar-refractivity contribution in [1.82, 2.24) is 14.8 Å². The number of H-pyrrole nitrogens is 1. The van der Waals surface area contributed by atoms with E-state index in [1.807, 2.05) is 34.9 Å². The van der Waals surface area contributed by atoms with Crippen molar-refractivity contribution >= 4 is 28.1 Å². The highest BCUT2D eigenvalue weighted by molar-refractivity contribution is 9.10. The second-order valence-electron chi connectivity index (χ2n) is 4.74. The van der Waals surface area contributed by atoms with Crippen LogP contribution in [0.5, 0.6) is 0 Å². The van der Waals surface area contributed by atoms with Crippen LogP contribution in [0, 0.1) is 4.77 Å². The molecule has 1 N–H and O–H groups in total. The molecule has 0 unspecified atom stereocenters. The minimum absolute atomic E-state index is 0.625. The average molecular weight is 360 g/mol. The summed E-state index contributed by atoms with van der Waals surface area (Å²) in [4.78, 5) is 0. The van der Waals surface area contributed by atoms with E-state index in [2.05, 4.69) is 50.4 Å². The predicted octanol–water partition coefficient (Wildman–Crippen LogP) is 4.48. The Morgan fingerprint density at radius 1 is 1.00 bits per heavy atom. The molecule has 0 bridgehead atoms. The zero-order chi connectivity index (χ0) is 14.7. The first-order valence-corrected chi connectivity index (χ1v) is 7.90. The molecule has 0 aliphatic rings. The van der Waals surface area contributed by atoms with Gasteiger partial charge in [0.15, 0.2) is 4.77 Å². The smallest absolute Gasteiger partial charge is 0.199 e. The number of benzene rings is 2. The summed E-state index contributed by atoms with van der Waals surface area (Å²) >= 11 is 8.80. The SMILES string of the molecule is S=c1[nH]nc(CCc2ccccc2)n1-c1ccc(Br)cc1. The summed E-state index contributed by atoms with van der Waals surface area (Å²) < 4.78 is 3.66. The molecule has 0 saturated carbocycles. The molecule has 2 aromatic carbocycles. The summed E-state index contributed by atoms with van der Waals surface area (Å²) in [5.41, 5.74) is 2.33. The van der Waals surface area contributed by atoms with Gasteiger partial charge in [0, 0.05) is 16.6 Å². The van der Waals surface area contributed by atoms with Gasteiger partial charge in [0.25, 0.3) is 0 Å². The number of rotatable bonds is 4. The number of hydrogen-bond acceptors (Lipinski definition) is 2. The summed E-state index contributed by atoms with van der Waals surface area (Å²) in [5, 5.41) is 7.25. The number of nitrogens with zero attached hydrogens (tertiary/aromatic N) is 2. The summed E-state index contributed by atoms with van der Waals surface area (Å²) in [6.45, 7) is 0. The Morgan fingerprint density at radius 3 is 2.43 bits per heavy atom. The lowest BCUT2D eigenvalue weighted by Gasteiger charge is -2.07. The van der Waals surface area contributed by atoms with Crippen LogP contribution in [0.25, 0.3) is 5.69 Å². The molecule has 0 aliphatic carbocycles. The van der Waals surface area contributed by atoms with E-state index < -0.39 is 0 Å². The standard InChI is InChI=1S/C16H14BrN3S/c17-13-7-9-14(10-8-13)20-15(18-19-16(20)21)11-6-12-4-2-1-3-5-12/h1-5,7-10H,6,11H2,(H,19,21). The van der Waals surface area contributed by atoms with Gasteiger partial charge < -0.3 is 0 Å². The third-order valence-corrected chi connectivity index (χ3v) is 4.11. The zero-order valence-electron chi connectivity index (χ0n) is 11.3. The summed E-state index contributed by atoms with van der Waals surface area (Å²) in [5.74, 6) is 0.950. The van der Waals surface area contributed by atoms with Crippen molar-refractivity contribution in [3.8, 4) is 5.69 Å². The molecule has 5 heteroatoms. The number of aromatic amines is 1. The van der Waals surface area contributed by atoms with Gasteiger partial charge in [-0.15, -0.1) is 0 Å². The van der Waals surface area contributed by atoms with Crippen molar-refractivity contribution < 1.29 is 0 Å². The van der Waals surface area contributed by atoms with Crippen molar-refractivity contribution in [2.75, 3.05) is 0 Å². The van der Waals surface area contributed by atoms with Gasteiger partial charge in [-0.1, -0.05) is 46.3 Å². The van der Waals surface area contributed by atoms with E-state index in [0.717, 1.165) is 28.8 Å². The normalized spacial score (nSPS) is 10.7. The Balaban J connectivity index is 1.87. The molecule has 0 amide bonds. The van der Waals surface area contributed by atoms with Crippen LogP contribution in [0.2, 0.25) is 0 Å². The van der Waals surface area contributed by atoms with Gasteiger partial charge in [-0.05, 0) is 48.5 Å². The van der Waals surface area contributed by atoms with Gasteiger partial charge in [-0.25, -0.2) is 0 Å².